The minimum Gasteiger partial charge on any atom is -0.399 e. The summed E-state index contributed by atoms with van der Waals surface area (Å²) in [6.07, 6.45) is 0. The van der Waals surface area contributed by atoms with Crippen molar-refractivity contribution in [3.05, 3.63) is 53.6 Å². The molecule has 0 unspecified atom stereocenters. The summed E-state index contributed by atoms with van der Waals surface area (Å²) in [4.78, 5) is 0. The lowest BCUT2D eigenvalue weighted by atomic mass is 10.1. The highest BCUT2D eigenvalue weighted by molar-refractivity contribution is 6.24. The fraction of sp³-hybridized carbons (Fsp3) is 0. The lowest BCUT2D eigenvalue weighted by molar-refractivity contribution is 1.25. The maximum atomic E-state index is 5.79. The fourth-order valence-electron chi connectivity index (χ4n) is 2.20. The third-order valence-corrected chi connectivity index (χ3v) is 2.90. The topological polar surface area (TPSA) is 64.4 Å². The standard InChI is InChI=1S/C13H11N3/c14-8-5-6-10-9-3-1-2-4-11(9)13(16-15)12(10)7-8/h1-7H,14-15H2. The number of hydrogen-bond donors (Lipinski definition) is 2. The Bertz CT molecular complexity index is 600. The van der Waals surface area contributed by atoms with Crippen LogP contribution in [0, 0.1) is 0 Å². The van der Waals surface area contributed by atoms with Gasteiger partial charge in [-0.25, -0.2) is 0 Å². The van der Waals surface area contributed by atoms with Gasteiger partial charge in [-0.15, -0.1) is 0 Å². The number of anilines is 1. The number of fused-ring (bicyclic) bond motifs is 3. The van der Waals surface area contributed by atoms with Gasteiger partial charge < -0.3 is 11.6 Å². The Balaban J connectivity index is 2.39. The van der Waals surface area contributed by atoms with Crippen LogP contribution in [0.15, 0.2) is 47.6 Å². The molecule has 0 heterocycles. The van der Waals surface area contributed by atoms with Crippen LogP contribution in [0.2, 0.25) is 0 Å². The molecule has 0 bridgehead atoms. The summed E-state index contributed by atoms with van der Waals surface area (Å²) >= 11 is 0. The van der Waals surface area contributed by atoms with Gasteiger partial charge in [0.15, 0.2) is 0 Å². The molecule has 0 saturated carbocycles. The Kier molecular flexibility index (Phi) is 1.74. The molecule has 3 rings (SSSR count). The van der Waals surface area contributed by atoms with Crippen LogP contribution in [0.3, 0.4) is 0 Å². The Labute approximate surface area is 93.4 Å². The summed E-state index contributed by atoms with van der Waals surface area (Å²) in [6, 6.07) is 13.9. The quantitative estimate of drug-likeness (QED) is 0.337. The minimum absolute atomic E-state index is 0.729. The molecular formula is C13H11N3. The fourth-order valence-corrected chi connectivity index (χ4v) is 2.20. The second kappa shape index (κ2) is 3.10. The largest absolute Gasteiger partial charge is 0.399 e. The van der Waals surface area contributed by atoms with E-state index < -0.39 is 0 Å². The van der Waals surface area contributed by atoms with Gasteiger partial charge in [0.2, 0.25) is 0 Å². The summed E-state index contributed by atoms with van der Waals surface area (Å²) in [5.41, 5.74) is 11.7. The van der Waals surface area contributed by atoms with Crippen molar-refractivity contribution in [2.75, 3.05) is 5.73 Å². The number of nitrogens with zero attached hydrogens (tertiary/aromatic N) is 1. The number of nitrogen functional groups attached to an aromatic ring is 1. The van der Waals surface area contributed by atoms with Crippen LogP contribution in [0.1, 0.15) is 11.1 Å². The number of hydrazone groups is 1. The number of hydrogen-bond acceptors (Lipinski definition) is 3. The number of nitrogens with two attached hydrogens (primary N) is 2. The van der Waals surface area contributed by atoms with Crippen LogP contribution >= 0.6 is 0 Å². The van der Waals surface area contributed by atoms with Crippen LogP contribution in [-0.4, -0.2) is 5.71 Å². The lowest BCUT2D eigenvalue weighted by Gasteiger charge is -2.00. The van der Waals surface area contributed by atoms with E-state index in [0.29, 0.717) is 0 Å². The smallest absolute Gasteiger partial charge is 0.0984 e. The molecular weight excluding hydrogens is 198 g/mol. The zero-order valence-corrected chi connectivity index (χ0v) is 8.64. The highest BCUT2D eigenvalue weighted by atomic mass is 15.1. The molecule has 4 N–H and O–H groups in total. The molecule has 0 fully saturated rings. The zero-order valence-electron chi connectivity index (χ0n) is 8.64. The van der Waals surface area contributed by atoms with E-state index in [0.717, 1.165) is 28.1 Å². The summed E-state index contributed by atoms with van der Waals surface area (Å²) in [7, 11) is 0. The minimum atomic E-state index is 0.729. The first kappa shape index (κ1) is 8.97. The van der Waals surface area contributed by atoms with Crippen molar-refractivity contribution >= 4 is 11.4 Å². The SMILES string of the molecule is NN=C1c2ccccc2-c2ccc(N)cc21. The van der Waals surface area contributed by atoms with Crippen LogP contribution < -0.4 is 11.6 Å². The van der Waals surface area contributed by atoms with Crippen LogP contribution in [-0.2, 0) is 0 Å². The van der Waals surface area contributed by atoms with Crippen LogP contribution in [0.5, 0.6) is 0 Å². The average molecular weight is 209 g/mol. The van der Waals surface area contributed by atoms with Gasteiger partial charge in [0, 0.05) is 16.8 Å². The second-order valence-corrected chi connectivity index (χ2v) is 3.83. The first-order chi connectivity index (χ1) is 7.81. The van der Waals surface area contributed by atoms with Crippen molar-refractivity contribution in [3.8, 4) is 11.1 Å². The van der Waals surface area contributed by atoms with Gasteiger partial charge in [0.1, 0.15) is 0 Å². The van der Waals surface area contributed by atoms with Gasteiger partial charge >= 0.3 is 0 Å². The molecule has 0 aliphatic heterocycles. The van der Waals surface area contributed by atoms with Crippen molar-refractivity contribution in [3.63, 3.8) is 0 Å². The molecule has 0 spiro atoms. The molecule has 1 aliphatic rings. The molecule has 2 aromatic rings. The van der Waals surface area contributed by atoms with Crippen molar-refractivity contribution < 1.29 is 0 Å². The predicted octanol–water partition coefficient (Wildman–Crippen LogP) is 1.96. The van der Waals surface area contributed by atoms with E-state index in [1.807, 2.05) is 36.4 Å². The van der Waals surface area contributed by atoms with Gasteiger partial charge in [0.05, 0.1) is 5.71 Å². The molecule has 0 saturated heterocycles. The van der Waals surface area contributed by atoms with E-state index in [9.17, 15) is 0 Å². The zero-order chi connectivity index (χ0) is 11.1. The normalized spacial score (nSPS) is 14.9. The highest BCUT2D eigenvalue weighted by Gasteiger charge is 2.24. The summed E-state index contributed by atoms with van der Waals surface area (Å²) in [5.74, 6) is 5.46. The van der Waals surface area contributed by atoms with Gasteiger partial charge in [0.25, 0.3) is 0 Å². The molecule has 3 nitrogen and oxygen atoms in total. The second-order valence-electron chi connectivity index (χ2n) is 3.83. The van der Waals surface area contributed by atoms with E-state index in [1.165, 1.54) is 5.56 Å². The highest BCUT2D eigenvalue weighted by Crippen LogP contribution is 2.37. The molecule has 1 aliphatic carbocycles. The Hall–Kier alpha value is -2.29. The van der Waals surface area contributed by atoms with Gasteiger partial charge in [-0.3, -0.25) is 0 Å². The van der Waals surface area contributed by atoms with E-state index in [4.69, 9.17) is 11.6 Å². The monoisotopic (exact) mass is 209 g/mol. The van der Waals surface area contributed by atoms with Crippen molar-refractivity contribution in [2.24, 2.45) is 10.9 Å². The van der Waals surface area contributed by atoms with Crippen molar-refractivity contribution in [1.29, 1.82) is 0 Å². The van der Waals surface area contributed by atoms with E-state index >= 15 is 0 Å². The van der Waals surface area contributed by atoms with E-state index in [2.05, 4.69) is 11.2 Å². The Morgan fingerprint density at radius 1 is 0.812 bits per heavy atom. The molecule has 0 aromatic heterocycles. The summed E-state index contributed by atoms with van der Waals surface area (Å²) < 4.78 is 0. The lowest BCUT2D eigenvalue weighted by Crippen LogP contribution is -2.02. The predicted molar refractivity (Wildman–Crippen MR) is 66.1 cm³/mol. The third kappa shape index (κ3) is 1.05. The molecule has 16 heavy (non-hydrogen) atoms. The molecule has 0 radical (unpaired) electrons. The average Bonchev–Trinajstić information content (AvgIpc) is 2.61. The molecule has 0 amide bonds. The van der Waals surface area contributed by atoms with Crippen LogP contribution in [0.4, 0.5) is 5.69 Å². The van der Waals surface area contributed by atoms with Gasteiger partial charge in [-0.1, -0.05) is 30.3 Å². The summed E-state index contributed by atoms with van der Waals surface area (Å²) in [5, 5.41) is 3.87. The van der Waals surface area contributed by atoms with Gasteiger partial charge in [-0.05, 0) is 23.3 Å². The number of rotatable bonds is 0. The van der Waals surface area contributed by atoms with Gasteiger partial charge in [-0.2, -0.15) is 5.10 Å². The maximum Gasteiger partial charge on any atom is 0.0984 e. The number of benzene rings is 2. The molecule has 2 aromatic carbocycles. The summed E-state index contributed by atoms with van der Waals surface area (Å²) in [6.45, 7) is 0. The first-order valence-electron chi connectivity index (χ1n) is 5.09. The molecule has 3 heteroatoms. The first-order valence-corrected chi connectivity index (χ1v) is 5.09. The third-order valence-electron chi connectivity index (χ3n) is 2.90. The van der Waals surface area contributed by atoms with Crippen molar-refractivity contribution in [1.82, 2.24) is 0 Å². The maximum absolute atomic E-state index is 5.79. The van der Waals surface area contributed by atoms with Crippen molar-refractivity contribution in [2.45, 2.75) is 0 Å². The van der Waals surface area contributed by atoms with E-state index in [1.54, 1.807) is 0 Å². The molecule has 0 atom stereocenters. The Morgan fingerprint density at radius 2 is 1.50 bits per heavy atom. The Morgan fingerprint density at radius 3 is 2.25 bits per heavy atom. The van der Waals surface area contributed by atoms with E-state index in [-0.39, 0.29) is 0 Å². The van der Waals surface area contributed by atoms with Crippen LogP contribution in [0.25, 0.3) is 11.1 Å². The molecule has 78 valence electrons.